The zero-order valence-electron chi connectivity index (χ0n) is 22.8. The Labute approximate surface area is 241 Å². The number of tetrazole rings is 1. The minimum absolute atomic E-state index is 0.184. The Kier molecular flexibility index (Phi) is 10.7. The summed E-state index contributed by atoms with van der Waals surface area (Å²) >= 11 is 0. The van der Waals surface area contributed by atoms with Crippen LogP contribution in [0.3, 0.4) is 0 Å². The first kappa shape index (κ1) is 30.3. The number of nitrogens with zero attached hydrogens (tertiary/aromatic N) is 3. The van der Waals surface area contributed by atoms with E-state index in [0.29, 0.717) is 17.1 Å². The van der Waals surface area contributed by atoms with Gasteiger partial charge >= 0.3 is 12.3 Å². The number of allylic oxidation sites excluding steroid dienone is 1. The average molecular weight is 581 g/mol. The average Bonchev–Trinajstić information content (AvgIpc) is 3.49. The number of carbonyl (C=O) groups is 1. The maximum atomic E-state index is 12.4. The molecule has 0 radical (unpaired) electrons. The molecule has 1 atom stereocenters. The quantitative estimate of drug-likeness (QED) is 0.145. The van der Waals surface area contributed by atoms with Gasteiger partial charge in [0, 0.05) is 12.0 Å². The number of carboxylic acids is 1. The Balaban J connectivity index is 1.38. The van der Waals surface area contributed by atoms with E-state index in [0.717, 1.165) is 49.7 Å². The summed E-state index contributed by atoms with van der Waals surface area (Å²) in [7, 11) is 0. The topological polar surface area (TPSA) is 110 Å². The summed E-state index contributed by atoms with van der Waals surface area (Å²) in [5.41, 5.74) is 2.92. The molecule has 1 unspecified atom stereocenters. The predicted molar refractivity (Wildman–Crippen MR) is 150 cm³/mol. The van der Waals surface area contributed by atoms with Gasteiger partial charge in [-0.3, -0.25) is 0 Å². The molecule has 1 heterocycles. The Morgan fingerprint density at radius 1 is 0.929 bits per heavy atom. The first-order valence-electron chi connectivity index (χ1n) is 13.5. The van der Waals surface area contributed by atoms with Crippen LogP contribution in [0.1, 0.15) is 58.6 Å². The van der Waals surface area contributed by atoms with Gasteiger partial charge in [-0.05, 0) is 73.1 Å². The normalized spacial score (nSPS) is 12.4. The number of ether oxygens (including phenoxy) is 2. The number of alkyl halides is 3. The number of para-hydroxylation sites is 1. The van der Waals surface area contributed by atoms with Gasteiger partial charge in [-0.15, -0.1) is 23.4 Å². The van der Waals surface area contributed by atoms with Crippen molar-refractivity contribution in [2.45, 2.75) is 51.5 Å². The minimum Gasteiger partial charge on any atom is -0.488 e. The van der Waals surface area contributed by atoms with Crippen LogP contribution < -0.4 is 9.47 Å². The Hall–Kier alpha value is -4.67. The first-order valence-corrected chi connectivity index (χ1v) is 13.5. The van der Waals surface area contributed by atoms with Crippen molar-refractivity contribution in [2.75, 3.05) is 0 Å². The van der Waals surface area contributed by atoms with Crippen LogP contribution in [-0.4, -0.2) is 38.1 Å². The molecule has 3 aromatic carbocycles. The maximum absolute atomic E-state index is 12.4. The number of unbranched alkanes of at least 4 members (excludes halogenated alkanes) is 1. The van der Waals surface area contributed by atoms with E-state index >= 15 is 0 Å². The summed E-state index contributed by atoms with van der Waals surface area (Å²) in [4.78, 5) is 11.2. The van der Waals surface area contributed by atoms with E-state index in [1.165, 1.54) is 24.3 Å². The molecule has 11 heteroatoms. The van der Waals surface area contributed by atoms with Gasteiger partial charge in [0.15, 0.2) is 5.82 Å². The molecule has 4 rings (SSSR count). The molecule has 0 spiro atoms. The van der Waals surface area contributed by atoms with Gasteiger partial charge in [-0.1, -0.05) is 66.3 Å². The van der Waals surface area contributed by atoms with E-state index in [4.69, 9.17) is 9.84 Å². The lowest BCUT2D eigenvalue weighted by molar-refractivity contribution is -0.274. The van der Waals surface area contributed by atoms with Gasteiger partial charge < -0.3 is 14.6 Å². The van der Waals surface area contributed by atoms with Crippen molar-refractivity contribution >= 4 is 12.0 Å². The van der Waals surface area contributed by atoms with Gasteiger partial charge in [0.2, 0.25) is 0 Å². The molecular weight excluding hydrogens is 549 g/mol. The smallest absolute Gasteiger partial charge is 0.488 e. The van der Waals surface area contributed by atoms with Crippen molar-refractivity contribution < 1.29 is 32.5 Å². The number of aryl methyl sites for hydroxylation is 2. The number of H-pyrrole nitrogens is 1. The van der Waals surface area contributed by atoms with Crippen molar-refractivity contribution in [2.24, 2.45) is 5.92 Å². The highest BCUT2D eigenvalue weighted by Crippen LogP contribution is 2.26. The number of hydrogen-bond acceptors (Lipinski definition) is 6. The molecule has 0 aliphatic rings. The zero-order valence-corrected chi connectivity index (χ0v) is 22.8. The number of benzene rings is 3. The fourth-order valence-electron chi connectivity index (χ4n) is 4.42. The lowest BCUT2D eigenvalue weighted by Crippen LogP contribution is -2.17. The highest BCUT2D eigenvalue weighted by molar-refractivity contribution is 5.87. The molecule has 1 aromatic heterocycles. The highest BCUT2D eigenvalue weighted by atomic mass is 19.4. The van der Waals surface area contributed by atoms with Crippen molar-refractivity contribution in [1.82, 2.24) is 20.6 Å². The van der Waals surface area contributed by atoms with E-state index in [1.807, 2.05) is 42.5 Å². The second-order valence-corrected chi connectivity index (χ2v) is 9.75. The molecule has 0 saturated heterocycles. The van der Waals surface area contributed by atoms with E-state index in [1.54, 1.807) is 12.1 Å². The lowest BCUT2D eigenvalue weighted by atomic mass is 9.92. The van der Waals surface area contributed by atoms with Gasteiger partial charge in [0.05, 0.1) is 5.56 Å². The van der Waals surface area contributed by atoms with Crippen LogP contribution in [0.4, 0.5) is 13.2 Å². The fraction of sp³-hybridized carbons (Fsp3) is 0.290. The summed E-state index contributed by atoms with van der Waals surface area (Å²) in [6.45, 7) is 0.184. The van der Waals surface area contributed by atoms with Crippen molar-refractivity contribution in [3.8, 4) is 11.5 Å². The summed E-state index contributed by atoms with van der Waals surface area (Å²) in [6, 6.07) is 20.1. The van der Waals surface area contributed by atoms with E-state index in [-0.39, 0.29) is 23.8 Å². The second-order valence-electron chi connectivity index (χ2n) is 9.75. The molecular formula is C31H31F3N4O4. The van der Waals surface area contributed by atoms with Crippen molar-refractivity contribution in [3.05, 3.63) is 107 Å². The number of aromatic carboxylic acids is 1. The van der Waals surface area contributed by atoms with Crippen LogP contribution in [0, 0.1) is 5.92 Å². The Bertz CT molecular complexity index is 1420. The molecule has 0 bridgehead atoms. The SMILES string of the molecule is O=C(O)c1ccc(CCC(C=Cc2ccccc2OCc2ccc(OC(F)(F)F)cc2)CCCCc2nn[nH]n2)cc1. The second kappa shape index (κ2) is 14.8. The van der Waals surface area contributed by atoms with Crippen LogP contribution in [0.25, 0.3) is 6.08 Å². The molecule has 0 saturated carbocycles. The molecule has 8 nitrogen and oxygen atoms in total. The highest BCUT2D eigenvalue weighted by Gasteiger charge is 2.30. The summed E-state index contributed by atoms with van der Waals surface area (Å²) in [5.74, 6) is 0.371. The van der Waals surface area contributed by atoms with Gasteiger partial charge in [-0.2, -0.15) is 5.21 Å². The molecule has 4 aromatic rings. The first-order chi connectivity index (χ1) is 20.2. The Morgan fingerprint density at radius 2 is 1.67 bits per heavy atom. The third-order valence-corrected chi connectivity index (χ3v) is 6.64. The van der Waals surface area contributed by atoms with Crippen LogP contribution in [0.15, 0.2) is 78.9 Å². The Morgan fingerprint density at radius 3 is 2.36 bits per heavy atom. The van der Waals surface area contributed by atoms with E-state index in [2.05, 4.69) is 31.4 Å². The summed E-state index contributed by atoms with van der Waals surface area (Å²) < 4.78 is 47.2. The predicted octanol–water partition coefficient (Wildman–Crippen LogP) is 7.05. The van der Waals surface area contributed by atoms with E-state index in [9.17, 15) is 18.0 Å². The monoisotopic (exact) mass is 580 g/mol. The molecule has 42 heavy (non-hydrogen) atoms. The third-order valence-electron chi connectivity index (χ3n) is 6.64. The van der Waals surface area contributed by atoms with E-state index < -0.39 is 12.3 Å². The molecule has 0 fully saturated rings. The number of carboxylic acid groups (broad SMARTS) is 1. The van der Waals surface area contributed by atoms with Crippen LogP contribution in [-0.2, 0) is 19.4 Å². The number of aromatic nitrogens is 4. The zero-order chi connectivity index (χ0) is 29.8. The molecule has 0 aliphatic heterocycles. The molecule has 0 aliphatic carbocycles. The number of hydrogen-bond donors (Lipinski definition) is 2. The fourth-order valence-corrected chi connectivity index (χ4v) is 4.42. The van der Waals surface area contributed by atoms with Crippen molar-refractivity contribution in [3.63, 3.8) is 0 Å². The molecule has 0 amide bonds. The summed E-state index contributed by atoms with van der Waals surface area (Å²) in [5, 5.41) is 23.2. The standard InChI is InChI=1S/C31H31F3N4O4/c32-31(33,34)42-27-19-14-24(15-20-27)21-41-28-7-3-2-6-25(28)16-11-22(5-1-4-8-29-35-37-38-36-29)9-10-23-12-17-26(18-13-23)30(39)40/h2-3,6-7,11-20,22H,1,4-5,8-10,21H2,(H,39,40)(H,35,36,37,38). The van der Waals surface area contributed by atoms with Crippen LogP contribution in [0.5, 0.6) is 11.5 Å². The van der Waals surface area contributed by atoms with Gasteiger partial charge in [0.25, 0.3) is 0 Å². The van der Waals surface area contributed by atoms with Crippen LogP contribution >= 0.6 is 0 Å². The number of nitrogens with one attached hydrogen (secondary N) is 1. The van der Waals surface area contributed by atoms with Gasteiger partial charge in [-0.25, -0.2) is 4.79 Å². The number of rotatable bonds is 15. The number of halogens is 3. The molecule has 2 N–H and O–H groups in total. The summed E-state index contributed by atoms with van der Waals surface area (Å²) in [6.07, 6.45) is 4.71. The van der Waals surface area contributed by atoms with Crippen LogP contribution in [0.2, 0.25) is 0 Å². The third kappa shape index (κ3) is 10.1. The largest absolute Gasteiger partial charge is 0.573 e. The van der Waals surface area contributed by atoms with Crippen molar-refractivity contribution in [1.29, 1.82) is 0 Å². The maximum Gasteiger partial charge on any atom is 0.573 e. The number of aromatic amines is 1. The lowest BCUT2D eigenvalue weighted by Gasteiger charge is -2.14. The van der Waals surface area contributed by atoms with Gasteiger partial charge in [0.1, 0.15) is 18.1 Å². The molecule has 220 valence electrons. The minimum atomic E-state index is -4.74.